The lowest BCUT2D eigenvalue weighted by Crippen LogP contribution is -2.05. The fraction of sp³-hybridized carbons (Fsp3) is 0.294. The van der Waals surface area contributed by atoms with Crippen LogP contribution >= 0.6 is 0 Å². The van der Waals surface area contributed by atoms with E-state index < -0.39 is 23.6 Å². The Morgan fingerprint density at radius 2 is 1.64 bits per heavy atom. The Kier molecular flexibility index (Phi) is 5.55. The summed E-state index contributed by atoms with van der Waals surface area (Å²) in [5, 5.41) is 8.86. The fourth-order valence-electron chi connectivity index (χ4n) is 2.36. The lowest BCUT2D eigenvalue weighted by atomic mass is 9.95. The molecule has 0 saturated carbocycles. The summed E-state index contributed by atoms with van der Waals surface area (Å²) in [4.78, 5) is 0. The van der Waals surface area contributed by atoms with E-state index in [0.717, 1.165) is 12.1 Å². The van der Waals surface area contributed by atoms with Gasteiger partial charge in [-0.3, -0.25) is 0 Å². The van der Waals surface area contributed by atoms with Crippen LogP contribution in [0.1, 0.15) is 29.3 Å². The van der Waals surface area contributed by atoms with Crippen LogP contribution in [-0.2, 0) is 12.8 Å². The molecule has 0 bridgehead atoms. The fourth-order valence-corrected chi connectivity index (χ4v) is 2.36. The molecule has 1 N–H and O–H groups in total. The van der Waals surface area contributed by atoms with Gasteiger partial charge in [-0.1, -0.05) is 30.3 Å². The Bertz CT molecular complexity index is 643. The van der Waals surface area contributed by atoms with Crippen LogP contribution in [0.15, 0.2) is 36.4 Å². The van der Waals surface area contributed by atoms with Gasteiger partial charge in [0.25, 0.3) is 0 Å². The monoisotopic (exact) mass is 312 g/mol. The van der Waals surface area contributed by atoms with Crippen LogP contribution in [0.25, 0.3) is 0 Å². The first-order valence-corrected chi connectivity index (χ1v) is 6.99. The highest BCUT2D eigenvalue weighted by Crippen LogP contribution is 2.28. The molecule has 0 spiro atoms. The van der Waals surface area contributed by atoms with E-state index in [1.807, 2.05) is 0 Å². The number of hydrogen-bond donors (Lipinski definition) is 1. The standard InChI is InChI=1S/C17H16F4O/c18-14-8-7-12(16(20)17(14)21)10-15(19)13-6-2-1-4-11(13)5-3-9-22/h1-2,4,6-8,15,22H,3,5,9-10H2. The first kappa shape index (κ1) is 16.5. The van der Waals surface area contributed by atoms with Gasteiger partial charge in [-0.05, 0) is 35.6 Å². The molecule has 0 amide bonds. The average molecular weight is 312 g/mol. The molecular weight excluding hydrogens is 296 g/mol. The third kappa shape index (κ3) is 3.65. The molecule has 0 aliphatic carbocycles. The van der Waals surface area contributed by atoms with Gasteiger partial charge in [0, 0.05) is 13.0 Å². The lowest BCUT2D eigenvalue weighted by molar-refractivity contribution is 0.287. The molecule has 1 unspecified atom stereocenters. The summed E-state index contributed by atoms with van der Waals surface area (Å²) >= 11 is 0. The largest absolute Gasteiger partial charge is 0.396 e. The van der Waals surface area contributed by atoms with Crippen molar-refractivity contribution >= 4 is 0 Å². The molecule has 2 aromatic rings. The highest BCUT2D eigenvalue weighted by molar-refractivity contribution is 5.31. The summed E-state index contributed by atoms with van der Waals surface area (Å²) in [7, 11) is 0. The number of benzene rings is 2. The van der Waals surface area contributed by atoms with Gasteiger partial charge in [0.1, 0.15) is 6.17 Å². The van der Waals surface area contributed by atoms with Crippen LogP contribution in [0.5, 0.6) is 0 Å². The van der Waals surface area contributed by atoms with Gasteiger partial charge in [0.15, 0.2) is 17.5 Å². The van der Waals surface area contributed by atoms with E-state index in [-0.39, 0.29) is 18.6 Å². The second-order valence-corrected chi connectivity index (χ2v) is 5.03. The minimum atomic E-state index is -1.58. The predicted molar refractivity (Wildman–Crippen MR) is 75.7 cm³/mol. The van der Waals surface area contributed by atoms with Gasteiger partial charge in [-0.25, -0.2) is 17.6 Å². The maximum absolute atomic E-state index is 14.5. The van der Waals surface area contributed by atoms with Crippen LogP contribution in [0, 0.1) is 17.5 Å². The molecule has 0 fully saturated rings. The van der Waals surface area contributed by atoms with E-state index in [9.17, 15) is 17.6 Å². The van der Waals surface area contributed by atoms with Gasteiger partial charge < -0.3 is 5.11 Å². The van der Waals surface area contributed by atoms with Gasteiger partial charge in [-0.2, -0.15) is 0 Å². The summed E-state index contributed by atoms with van der Waals surface area (Å²) in [6.07, 6.45) is -0.926. The van der Waals surface area contributed by atoms with E-state index in [2.05, 4.69) is 0 Å². The van der Waals surface area contributed by atoms with Gasteiger partial charge in [0.2, 0.25) is 0 Å². The van der Waals surface area contributed by atoms with Crippen molar-refractivity contribution in [2.75, 3.05) is 6.61 Å². The molecule has 1 atom stereocenters. The van der Waals surface area contributed by atoms with E-state index in [1.54, 1.807) is 24.3 Å². The van der Waals surface area contributed by atoms with Gasteiger partial charge in [-0.15, -0.1) is 0 Å². The lowest BCUT2D eigenvalue weighted by Gasteiger charge is -2.14. The van der Waals surface area contributed by atoms with Crippen molar-refractivity contribution in [3.63, 3.8) is 0 Å². The SMILES string of the molecule is OCCCc1ccccc1C(F)Cc1ccc(F)c(F)c1F. The van der Waals surface area contributed by atoms with Crippen LogP contribution in [0.4, 0.5) is 17.6 Å². The van der Waals surface area contributed by atoms with Crippen molar-refractivity contribution in [3.8, 4) is 0 Å². The summed E-state index contributed by atoms with van der Waals surface area (Å²) in [5.74, 6) is -4.23. The summed E-state index contributed by atoms with van der Waals surface area (Å²) in [6, 6.07) is 8.57. The maximum Gasteiger partial charge on any atom is 0.194 e. The molecule has 118 valence electrons. The molecule has 2 aromatic carbocycles. The van der Waals surface area contributed by atoms with Crippen LogP contribution in [0.2, 0.25) is 0 Å². The normalized spacial score (nSPS) is 12.4. The summed E-state index contributed by atoms with van der Waals surface area (Å²) in [6.45, 7) is -0.0108. The molecule has 22 heavy (non-hydrogen) atoms. The molecule has 2 rings (SSSR count). The molecule has 0 aromatic heterocycles. The van der Waals surface area contributed by atoms with Crippen molar-refractivity contribution in [2.24, 2.45) is 0 Å². The second kappa shape index (κ2) is 7.40. The summed E-state index contributed by atoms with van der Waals surface area (Å²) < 4.78 is 54.2. The van der Waals surface area contributed by atoms with Crippen LogP contribution < -0.4 is 0 Å². The smallest absolute Gasteiger partial charge is 0.194 e. The van der Waals surface area contributed by atoms with Crippen molar-refractivity contribution in [1.29, 1.82) is 0 Å². The highest BCUT2D eigenvalue weighted by atomic mass is 19.2. The number of rotatable bonds is 6. The zero-order valence-corrected chi connectivity index (χ0v) is 11.8. The maximum atomic E-state index is 14.5. The van der Waals surface area contributed by atoms with Crippen molar-refractivity contribution in [2.45, 2.75) is 25.4 Å². The van der Waals surface area contributed by atoms with Gasteiger partial charge >= 0.3 is 0 Å². The number of aryl methyl sites for hydroxylation is 1. The molecule has 1 nitrogen and oxygen atoms in total. The molecule has 0 aliphatic rings. The van der Waals surface area contributed by atoms with E-state index >= 15 is 0 Å². The Morgan fingerprint density at radius 3 is 2.36 bits per heavy atom. The van der Waals surface area contributed by atoms with Crippen LogP contribution in [-0.4, -0.2) is 11.7 Å². The Hall–Kier alpha value is -1.88. The third-order valence-electron chi connectivity index (χ3n) is 3.51. The molecule has 0 saturated heterocycles. The first-order chi connectivity index (χ1) is 10.5. The number of alkyl halides is 1. The van der Waals surface area contributed by atoms with E-state index in [1.165, 1.54) is 0 Å². The Labute approximate surface area is 126 Å². The summed E-state index contributed by atoms with van der Waals surface area (Å²) in [5.41, 5.74) is 0.885. The van der Waals surface area contributed by atoms with Crippen molar-refractivity contribution in [3.05, 3.63) is 70.5 Å². The second-order valence-electron chi connectivity index (χ2n) is 5.03. The Balaban J connectivity index is 2.23. The number of aliphatic hydroxyl groups excluding tert-OH is 1. The zero-order valence-electron chi connectivity index (χ0n) is 11.8. The average Bonchev–Trinajstić information content (AvgIpc) is 2.53. The van der Waals surface area contributed by atoms with Crippen molar-refractivity contribution in [1.82, 2.24) is 0 Å². The first-order valence-electron chi connectivity index (χ1n) is 6.99. The molecule has 0 aliphatic heterocycles. The minimum absolute atomic E-state index is 0.0108. The quantitative estimate of drug-likeness (QED) is 0.623. The number of hydrogen-bond acceptors (Lipinski definition) is 1. The van der Waals surface area contributed by atoms with E-state index in [4.69, 9.17) is 5.11 Å². The highest BCUT2D eigenvalue weighted by Gasteiger charge is 2.19. The molecule has 0 radical (unpaired) electrons. The van der Waals surface area contributed by atoms with Crippen molar-refractivity contribution < 1.29 is 22.7 Å². The molecular formula is C17H16F4O. The molecule has 0 heterocycles. The van der Waals surface area contributed by atoms with E-state index in [0.29, 0.717) is 24.0 Å². The minimum Gasteiger partial charge on any atom is -0.396 e. The zero-order chi connectivity index (χ0) is 16.1. The topological polar surface area (TPSA) is 20.2 Å². The number of aliphatic hydroxyl groups is 1. The molecule has 5 heteroatoms. The Morgan fingerprint density at radius 1 is 0.909 bits per heavy atom. The number of halogens is 4. The predicted octanol–water partition coefficient (Wildman–Crippen LogP) is 4.28. The van der Waals surface area contributed by atoms with Gasteiger partial charge in [0.05, 0.1) is 0 Å². The third-order valence-corrected chi connectivity index (χ3v) is 3.51. The van der Waals surface area contributed by atoms with Crippen LogP contribution in [0.3, 0.4) is 0 Å².